The van der Waals surface area contributed by atoms with Crippen molar-refractivity contribution in [2.75, 3.05) is 32.7 Å². The smallest absolute Gasteiger partial charge is 0.0785 e. The van der Waals surface area contributed by atoms with Crippen LogP contribution >= 0.6 is 12.2 Å². The van der Waals surface area contributed by atoms with Gasteiger partial charge in [-0.25, -0.2) is 0 Å². The maximum atomic E-state index is 5.89. The zero-order valence-electron chi connectivity index (χ0n) is 13.5. The molecule has 5 fully saturated rings. The molecule has 0 aromatic carbocycles. The molecular weight excluding hydrogens is 276 g/mol. The Morgan fingerprint density at radius 2 is 1.48 bits per heavy atom. The van der Waals surface area contributed by atoms with Gasteiger partial charge in [0, 0.05) is 32.6 Å². The minimum absolute atomic E-state index is 0.619. The summed E-state index contributed by atoms with van der Waals surface area (Å²) in [5.74, 6) is 3.16. The molecule has 5 aliphatic rings. The summed E-state index contributed by atoms with van der Waals surface area (Å²) in [4.78, 5) is 6.37. The lowest BCUT2D eigenvalue weighted by Gasteiger charge is -2.57. The van der Waals surface area contributed by atoms with Crippen LogP contribution in [0.25, 0.3) is 0 Å². The predicted molar refractivity (Wildman–Crippen MR) is 91.5 cm³/mol. The van der Waals surface area contributed by atoms with Crippen molar-refractivity contribution in [1.29, 1.82) is 0 Å². The minimum atomic E-state index is 0.619. The first kappa shape index (κ1) is 14.4. The number of rotatable bonds is 3. The number of hydrogen-bond acceptors (Lipinski definition) is 2. The van der Waals surface area contributed by atoms with E-state index in [0.717, 1.165) is 17.8 Å². The first-order chi connectivity index (χ1) is 10.2. The second-order valence-electron chi connectivity index (χ2n) is 8.41. The van der Waals surface area contributed by atoms with Gasteiger partial charge in [0.15, 0.2) is 0 Å². The highest BCUT2D eigenvalue weighted by molar-refractivity contribution is 7.80. The van der Waals surface area contributed by atoms with Crippen molar-refractivity contribution >= 4 is 17.2 Å². The highest BCUT2D eigenvalue weighted by Gasteiger charge is 2.51. The molecule has 0 N–H and O–H groups in total. The van der Waals surface area contributed by atoms with Gasteiger partial charge in [-0.1, -0.05) is 19.1 Å². The second-order valence-corrected chi connectivity index (χ2v) is 8.88. The van der Waals surface area contributed by atoms with E-state index in [4.69, 9.17) is 12.2 Å². The lowest BCUT2D eigenvalue weighted by Crippen LogP contribution is -2.51. The van der Waals surface area contributed by atoms with E-state index in [1.54, 1.807) is 19.3 Å². The zero-order valence-corrected chi connectivity index (χ0v) is 14.3. The Morgan fingerprint density at radius 3 is 1.95 bits per heavy atom. The molecule has 0 radical (unpaired) electrons. The van der Waals surface area contributed by atoms with Crippen LogP contribution in [0.3, 0.4) is 0 Å². The summed E-state index contributed by atoms with van der Waals surface area (Å²) >= 11 is 5.89. The van der Waals surface area contributed by atoms with E-state index in [9.17, 15) is 0 Å². The molecule has 1 saturated heterocycles. The Balaban J connectivity index is 1.38. The normalized spacial score (nSPS) is 42.5. The molecule has 2 nitrogen and oxygen atoms in total. The molecule has 0 aromatic rings. The number of thiocarbonyl (C=S) groups is 1. The first-order valence-corrected chi connectivity index (χ1v) is 9.57. The summed E-state index contributed by atoms with van der Waals surface area (Å²) in [6.45, 7) is 8.20. The van der Waals surface area contributed by atoms with Crippen LogP contribution in [0.4, 0.5) is 0 Å². The van der Waals surface area contributed by atoms with Crippen LogP contribution in [0.1, 0.15) is 51.9 Å². The largest absolute Gasteiger partial charge is 0.364 e. The molecule has 0 amide bonds. The SMILES string of the molecule is CCN1CCN(C(=S)CC23CC4CC(CC(C4)C2)C3)CC1. The lowest BCUT2D eigenvalue weighted by atomic mass is 9.49. The van der Waals surface area contributed by atoms with Crippen LogP contribution in [0.2, 0.25) is 0 Å². The Hall–Kier alpha value is -0.150. The number of nitrogens with zero attached hydrogens (tertiary/aromatic N) is 2. The quantitative estimate of drug-likeness (QED) is 0.736. The summed E-state index contributed by atoms with van der Waals surface area (Å²) < 4.78 is 0. The van der Waals surface area contributed by atoms with E-state index in [1.807, 2.05) is 0 Å². The van der Waals surface area contributed by atoms with Crippen molar-refractivity contribution in [2.24, 2.45) is 23.2 Å². The maximum Gasteiger partial charge on any atom is 0.0785 e. The third-order valence-corrected chi connectivity index (χ3v) is 7.27. The molecule has 4 aliphatic carbocycles. The van der Waals surface area contributed by atoms with Crippen LogP contribution in [-0.2, 0) is 0 Å². The van der Waals surface area contributed by atoms with Crippen LogP contribution in [-0.4, -0.2) is 47.5 Å². The molecule has 0 spiro atoms. The van der Waals surface area contributed by atoms with Gasteiger partial charge in [0.05, 0.1) is 4.99 Å². The zero-order chi connectivity index (χ0) is 14.4. The number of likely N-dealkylation sites (N-methyl/N-ethyl adjacent to an activating group) is 1. The topological polar surface area (TPSA) is 6.48 Å². The van der Waals surface area contributed by atoms with E-state index < -0.39 is 0 Å². The van der Waals surface area contributed by atoms with Gasteiger partial charge < -0.3 is 9.80 Å². The summed E-state index contributed by atoms with van der Waals surface area (Å²) in [7, 11) is 0. The Kier molecular flexibility index (Phi) is 3.77. The monoisotopic (exact) mass is 306 g/mol. The summed E-state index contributed by atoms with van der Waals surface area (Å²) in [5, 5.41) is 0. The van der Waals surface area contributed by atoms with Gasteiger partial charge in [-0.15, -0.1) is 0 Å². The van der Waals surface area contributed by atoms with E-state index >= 15 is 0 Å². The lowest BCUT2D eigenvalue weighted by molar-refractivity contribution is -0.0492. The number of piperazine rings is 1. The van der Waals surface area contributed by atoms with Crippen molar-refractivity contribution in [3.63, 3.8) is 0 Å². The number of hydrogen-bond donors (Lipinski definition) is 0. The average Bonchev–Trinajstić information content (AvgIpc) is 2.45. The van der Waals surface area contributed by atoms with Gasteiger partial charge in [0.2, 0.25) is 0 Å². The van der Waals surface area contributed by atoms with E-state index in [1.165, 1.54) is 63.4 Å². The Labute approximate surface area is 135 Å². The molecule has 21 heavy (non-hydrogen) atoms. The fraction of sp³-hybridized carbons (Fsp3) is 0.944. The van der Waals surface area contributed by atoms with Crippen molar-refractivity contribution in [1.82, 2.24) is 9.80 Å². The van der Waals surface area contributed by atoms with Crippen molar-refractivity contribution in [2.45, 2.75) is 51.9 Å². The van der Waals surface area contributed by atoms with Crippen molar-refractivity contribution in [3.05, 3.63) is 0 Å². The fourth-order valence-corrected chi connectivity index (χ4v) is 6.74. The molecule has 3 heteroatoms. The standard InChI is InChI=1S/C18H30N2S/c1-2-19-3-5-20(6-4-19)17(21)13-18-10-14-7-15(11-18)9-16(8-14)12-18/h14-16H,2-13H2,1H3. The van der Waals surface area contributed by atoms with E-state index in [0.29, 0.717) is 5.41 Å². The van der Waals surface area contributed by atoms with Crippen LogP contribution < -0.4 is 0 Å². The van der Waals surface area contributed by atoms with E-state index in [-0.39, 0.29) is 0 Å². The van der Waals surface area contributed by atoms with Crippen molar-refractivity contribution < 1.29 is 0 Å². The molecule has 4 saturated carbocycles. The highest BCUT2D eigenvalue weighted by atomic mass is 32.1. The van der Waals surface area contributed by atoms with Gasteiger partial charge in [0.1, 0.15) is 0 Å². The van der Waals surface area contributed by atoms with Crippen molar-refractivity contribution in [3.8, 4) is 0 Å². The molecule has 4 bridgehead atoms. The van der Waals surface area contributed by atoms with Gasteiger partial charge in [0.25, 0.3) is 0 Å². The van der Waals surface area contributed by atoms with Crippen LogP contribution in [0.5, 0.6) is 0 Å². The predicted octanol–water partition coefficient (Wildman–Crippen LogP) is 3.56. The Bertz CT molecular complexity index is 376. The van der Waals surface area contributed by atoms with Gasteiger partial charge in [-0.05, 0) is 68.2 Å². The fourth-order valence-electron chi connectivity index (χ4n) is 6.25. The summed E-state index contributed by atoms with van der Waals surface area (Å²) in [6, 6.07) is 0. The minimum Gasteiger partial charge on any atom is -0.364 e. The molecule has 5 rings (SSSR count). The third-order valence-electron chi connectivity index (χ3n) is 6.86. The molecule has 1 aliphatic heterocycles. The summed E-state index contributed by atoms with van der Waals surface area (Å²) in [5.41, 5.74) is 0.619. The average molecular weight is 307 g/mol. The molecule has 0 unspecified atom stereocenters. The molecular formula is C18H30N2S. The van der Waals surface area contributed by atoms with Crippen LogP contribution in [0.15, 0.2) is 0 Å². The van der Waals surface area contributed by atoms with Gasteiger partial charge >= 0.3 is 0 Å². The van der Waals surface area contributed by atoms with Gasteiger partial charge in [-0.3, -0.25) is 0 Å². The first-order valence-electron chi connectivity index (χ1n) is 9.16. The highest BCUT2D eigenvalue weighted by Crippen LogP contribution is 2.61. The maximum absolute atomic E-state index is 5.89. The molecule has 1 heterocycles. The second kappa shape index (κ2) is 5.49. The third kappa shape index (κ3) is 2.76. The molecule has 0 atom stereocenters. The Morgan fingerprint density at radius 1 is 0.952 bits per heavy atom. The molecule has 0 aromatic heterocycles. The van der Waals surface area contributed by atoms with Gasteiger partial charge in [-0.2, -0.15) is 0 Å². The van der Waals surface area contributed by atoms with Crippen LogP contribution in [0, 0.1) is 23.2 Å². The summed E-state index contributed by atoms with van der Waals surface area (Å²) in [6.07, 6.45) is 10.3. The molecule has 118 valence electrons. The van der Waals surface area contributed by atoms with E-state index in [2.05, 4.69) is 16.7 Å².